The number of nitrogens with zero attached hydrogens (tertiary/aromatic N) is 3. The third kappa shape index (κ3) is 5.04. The van der Waals surface area contributed by atoms with E-state index in [1.165, 1.54) is 5.69 Å². The lowest BCUT2D eigenvalue weighted by Gasteiger charge is -2.35. The highest BCUT2D eigenvalue weighted by Crippen LogP contribution is 2.16. The Labute approximate surface area is 165 Å². The summed E-state index contributed by atoms with van der Waals surface area (Å²) in [6.45, 7) is 3.61. The molecule has 6 heteroatoms. The van der Waals surface area contributed by atoms with Crippen LogP contribution in [0.15, 0.2) is 66.4 Å². The molecule has 0 bridgehead atoms. The topological polar surface area (TPSA) is 68.6 Å². The number of carbonyl (C=O) groups excluding carboxylic acids is 1. The SMILES string of the molecule is COc1ccc(CNC(=O)C(C#N)=CN2CCN(c3ccccc3)CC2)cc1. The summed E-state index contributed by atoms with van der Waals surface area (Å²) in [5.41, 5.74) is 2.27. The maximum Gasteiger partial charge on any atom is 0.263 e. The van der Waals surface area contributed by atoms with Crippen molar-refractivity contribution in [2.45, 2.75) is 6.54 Å². The van der Waals surface area contributed by atoms with Crippen molar-refractivity contribution in [1.82, 2.24) is 10.2 Å². The van der Waals surface area contributed by atoms with Gasteiger partial charge in [0.15, 0.2) is 0 Å². The zero-order chi connectivity index (χ0) is 19.8. The van der Waals surface area contributed by atoms with E-state index in [1.54, 1.807) is 13.3 Å². The van der Waals surface area contributed by atoms with Gasteiger partial charge in [-0.05, 0) is 29.8 Å². The molecular weight excluding hydrogens is 352 g/mol. The van der Waals surface area contributed by atoms with E-state index in [-0.39, 0.29) is 11.5 Å². The Hall–Kier alpha value is -3.46. The largest absolute Gasteiger partial charge is 0.497 e. The van der Waals surface area contributed by atoms with E-state index < -0.39 is 0 Å². The first kappa shape index (κ1) is 19.3. The van der Waals surface area contributed by atoms with Crippen LogP contribution in [0.1, 0.15) is 5.56 Å². The molecule has 0 spiro atoms. The van der Waals surface area contributed by atoms with Gasteiger partial charge in [-0.2, -0.15) is 5.26 Å². The lowest BCUT2D eigenvalue weighted by Crippen LogP contribution is -2.44. The standard InChI is InChI=1S/C22H24N4O2/c1-28-21-9-7-18(8-10-21)16-24-22(27)19(15-23)17-25-11-13-26(14-12-25)20-5-3-2-4-6-20/h2-10,17H,11-14,16H2,1H3,(H,24,27). The summed E-state index contributed by atoms with van der Waals surface area (Å²) in [7, 11) is 1.61. The molecule has 1 N–H and O–H groups in total. The van der Waals surface area contributed by atoms with Crippen LogP contribution in [0.25, 0.3) is 0 Å². The number of methoxy groups -OCH3 is 1. The van der Waals surface area contributed by atoms with E-state index in [2.05, 4.69) is 22.3 Å². The first-order valence-corrected chi connectivity index (χ1v) is 9.26. The number of rotatable bonds is 6. The zero-order valence-electron chi connectivity index (χ0n) is 16.0. The number of para-hydroxylation sites is 1. The molecule has 144 valence electrons. The lowest BCUT2D eigenvalue weighted by atomic mass is 10.2. The second-order valence-corrected chi connectivity index (χ2v) is 6.54. The fourth-order valence-corrected chi connectivity index (χ4v) is 3.09. The van der Waals surface area contributed by atoms with Crippen LogP contribution < -0.4 is 15.0 Å². The highest BCUT2D eigenvalue weighted by Gasteiger charge is 2.17. The van der Waals surface area contributed by atoms with Crippen LogP contribution in [0.2, 0.25) is 0 Å². The fourth-order valence-electron chi connectivity index (χ4n) is 3.09. The molecule has 0 atom stereocenters. The summed E-state index contributed by atoms with van der Waals surface area (Å²) in [4.78, 5) is 16.7. The normalized spacial score (nSPS) is 14.4. The van der Waals surface area contributed by atoms with Crippen LogP contribution >= 0.6 is 0 Å². The Morgan fingerprint density at radius 1 is 1.11 bits per heavy atom. The molecule has 1 aliphatic heterocycles. The highest BCUT2D eigenvalue weighted by molar-refractivity contribution is 5.97. The van der Waals surface area contributed by atoms with Gasteiger partial charge in [0.2, 0.25) is 0 Å². The van der Waals surface area contributed by atoms with Crippen LogP contribution in [0, 0.1) is 11.3 Å². The van der Waals surface area contributed by atoms with Gasteiger partial charge < -0.3 is 19.9 Å². The van der Waals surface area contributed by atoms with Crippen molar-refractivity contribution in [3.8, 4) is 11.8 Å². The van der Waals surface area contributed by atoms with Crippen LogP contribution in [0.3, 0.4) is 0 Å². The predicted molar refractivity (Wildman–Crippen MR) is 109 cm³/mol. The average molecular weight is 376 g/mol. The summed E-state index contributed by atoms with van der Waals surface area (Å²) >= 11 is 0. The monoisotopic (exact) mass is 376 g/mol. The highest BCUT2D eigenvalue weighted by atomic mass is 16.5. The van der Waals surface area contributed by atoms with Crippen LogP contribution in [-0.4, -0.2) is 44.1 Å². The molecule has 3 rings (SSSR count). The number of nitrogens with one attached hydrogen (secondary N) is 1. The minimum Gasteiger partial charge on any atom is -0.497 e. The number of amides is 1. The number of benzene rings is 2. The van der Waals surface area contributed by atoms with E-state index in [0.29, 0.717) is 6.54 Å². The van der Waals surface area contributed by atoms with Gasteiger partial charge in [-0.25, -0.2) is 0 Å². The molecule has 0 aliphatic carbocycles. The molecule has 0 saturated carbocycles. The average Bonchev–Trinajstić information content (AvgIpc) is 2.77. The van der Waals surface area contributed by atoms with E-state index in [9.17, 15) is 10.1 Å². The first-order valence-electron chi connectivity index (χ1n) is 9.26. The van der Waals surface area contributed by atoms with Crippen molar-refractivity contribution in [2.75, 3.05) is 38.2 Å². The molecule has 1 heterocycles. The number of ether oxygens (including phenoxy) is 1. The second-order valence-electron chi connectivity index (χ2n) is 6.54. The second kappa shape index (κ2) is 9.47. The van der Waals surface area contributed by atoms with E-state index in [1.807, 2.05) is 53.4 Å². The van der Waals surface area contributed by atoms with Gasteiger partial charge in [-0.3, -0.25) is 4.79 Å². The minimum absolute atomic E-state index is 0.127. The number of piperazine rings is 1. The van der Waals surface area contributed by atoms with E-state index in [0.717, 1.165) is 37.5 Å². The van der Waals surface area contributed by atoms with Crippen LogP contribution in [0.5, 0.6) is 5.75 Å². The van der Waals surface area contributed by atoms with E-state index >= 15 is 0 Å². The first-order chi connectivity index (χ1) is 13.7. The summed E-state index contributed by atoms with van der Waals surface area (Å²) in [6, 6.07) is 19.7. The Kier molecular flexibility index (Phi) is 6.53. The smallest absolute Gasteiger partial charge is 0.263 e. The van der Waals surface area contributed by atoms with Gasteiger partial charge in [0.1, 0.15) is 17.4 Å². The molecule has 1 amide bonds. The third-order valence-corrected chi connectivity index (χ3v) is 4.72. The Balaban J connectivity index is 1.53. The molecule has 1 saturated heterocycles. The lowest BCUT2D eigenvalue weighted by molar-refractivity contribution is -0.117. The van der Waals surface area contributed by atoms with Gasteiger partial charge in [-0.15, -0.1) is 0 Å². The Morgan fingerprint density at radius 3 is 2.39 bits per heavy atom. The van der Waals surface area contributed by atoms with Gasteiger partial charge >= 0.3 is 0 Å². The quantitative estimate of drug-likeness (QED) is 0.620. The van der Waals surface area contributed by atoms with Crippen molar-refractivity contribution >= 4 is 11.6 Å². The minimum atomic E-state index is -0.358. The predicted octanol–water partition coefficient (Wildman–Crippen LogP) is 2.54. The number of hydrogen-bond donors (Lipinski definition) is 1. The Morgan fingerprint density at radius 2 is 1.79 bits per heavy atom. The molecule has 2 aromatic rings. The summed E-state index contributed by atoms with van der Waals surface area (Å²) < 4.78 is 5.12. The molecule has 0 aromatic heterocycles. The summed E-state index contributed by atoms with van der Waals surface area (Å²) in [6.07, 6.45) is 1.67. The van der Waals surface area contributed by atoms with Crippen molar-refractivity contribution in [3.63, 3.8) is 0 Å². The van der Waals surface area contributed by atoms with Crippen LogP contribution in [0.4, 0.5) is 5.69 Å². The fraction of sp³-hybridized carbons (Fsp3) is 0.273. The van der Waals surface area contributed by atoms with Gasteiger partial charge in [-0.1, -0.05) is 30.3 Å². The molecule has 28 heavy (non-hydrogen) atoms. The maximum absolute atomic E-state index is 12.4. The van der Waals surface area contributed by atoms with Crippen molar-refractivity contribution in [3.05, 3.63) is 71.9 Å². The molecular formula is C22H24N4O2. The number of anilines is 1. The van der Waals surface area contributed by atoms with Crippen LogP contribution in [-0.2, 0) is 11.3 Å². The zero-order valence-corrected chi connectivity index (χ0v) is 16.0. The number of nitriles is 1. The summed E-state index contributed by atoms with van der Waals surface area (Å²) in [5, 5.41) is 12.2. The molecule has 6 nitrogen and oxygen atoms in total. The third-order valence-electron chi connectivity index (χ3n) is 4.72. The number of hydrogen-bond acceptors (Lipinski definition) is 5. The van der Waals surface area contributed by atoms with E-state index in [4.69, 9.17) is 4.74 Å². The van der Waals surface area contributed by atoms with Crippen molar-refractivity contribution in [2.24, 2.45) is 0 Å². The van der Waals surface area contributed by atoms with Crippen molar-refractivity contribution in [1.29, 1.82) is 5.26 Å². The molecule has 1 aliphatic rings. The van der Waals surface area contributed by atoms with Gasteiger partial charge in [0, 0.05) is 44.6 Å². The Bertz CT molecular complexity index is 848. The molecule has 2 aromatic carbocycles. The van der Waals surface area contributed by atoms with Gasteiger partial charge in [0.25, 0.3) is 5.91 Å². The number of carbonyl (C=O) groups is 1. The van der Waals surface area contributed by atoms with Crippen molar-refractivity contribution < 1.29 is 9.53 Å². The maximum atomic E-state index is 12.4. The molecule has 0 radical (unpaired) electrons. The molecule has 0 unspecified atom stereocenters. The molecule has 1 fully saturated rings. The summed E-state index contributed by atoms with van der Waals surface area (Å²) in [5.74, 6) is 0.408. The van der Waals surface area contributed by atoms with Gasteiger partial charge in [0.05, 0.1) is 7.11 Å².